The van der Waals surface area contributed by atoms with Gasteiger partial charge >= 0.3 is 0 Å². The number of hydrogen-bond acceptors (Lipinski definition) is 4. The van der Waals surface area contributed by atoms with Gasteiger partial charge in [0, 0.05) is 22.7 Å². The van der Waals surface area contributed by atoms with Gasteiger partial charge < -0.3 is 10.1 Å². The van der Waals surface area contributed by atoms with Crippen LogP contribution in [0.3, 0.4) is 0 Å². The topological polar surface area (TPSA) is 82.0 Å². The fraction of sp³-hybridized carbons (Fsp3) is 0. The third-order valence-electron chi connectivity index (χ3n) is 3.70. The summed E-state index contributed by atoms with van der Waals surface area (Å²) in [6.07, 6.45) is 3.56. The summed E-state index contributed by atoms with van der Waals surface area (Å²) in [4.78, 5) is 3.22. The molecule has 2 aromatic heterocycles. The van der Waals surface area contributed by atoms with Crippen molar-refractivity contribution in [2.45, 2.75) is 0 Å². The predicted molar refractivity (Wildman–Crippen MR) is 95.8 cm³/mol. The lowest BCUT2D eigenvalue weighted by Crippen LogP contribution is -1.94. The molecule has 0 fully saturated rings. The van der Waals surface area contributed by atoms with Crippen molar-refractivity contribution in [1.82, 2.24) is 19.9 Å². The van der Waals surface area contributed by atoms with E-state index < -0.39 is 0 Å². The molecular weight excluding hydrogens is 322 g/mol. The lowest BCUT2D eigenvalue weighted by Gasteiger charge is -2.00. The van der Waals surface area contributed by atoms with E-state index in [1.165, 1.54) is 0 Å². The van der Waals surface area contributed by atoms with E-state index in [1.54, 1.807) is 35.2 Å². The normalized spacial score (nSPS) is 11.5. The van der Waals surface area contributed by atoms with Crippen molar-refractivity contribution in [3.63, 3.8) is 0 Å². The number of hydrogen-bond donors (Lipinski definition) is 3. The highest BCUT2D eigenvalue weighted by molar-refractivity contribution is 7.71. The van der Waals surface area contributed by atoms with E-state index in [-0.39, 0.29) is 5.75 Å². The van der Waals surface area contributed by atoms with Crippen LogP contribution in [0.15, 0.2) is 59.8 Å². The maximum absolute atomic E-state index is 9.34. The summed E-state index contributed by atoms with van der Waals surface area (Å²) < 4.78 is 1.99. The molecule has 2 aromatic carbocycles. The van der Waals surface area contributed by atoms with Gasteiger partial charge in [-0.25, -0.2) is 5.10 Å². The molecule has 0 amide bonds. The number of phenols is 1. The number of aromatic amines is 2. The number of benzene rings is 2. The van der Waals surface area contributed by atoms with Crippen LogP contribution in [0.25, 0.3) is 22.3 Å². The number of fused-ring (bicyclic) bond motifs is 1. The molecule has 0 aliphatic heterocycles. The summed E-state index contributed by atoms with van der Waals surface area (Å²) in [5, 5.41) is 21.9. The van der Waals surface area contributed by atoms with Crippen LogP contribution in [-0.4, -0.2) is 31.2 Å². The monoisotopic (exact) mass is 335 g/mol. The van der Waals surface area contributed by atoms with Gasteiger partial charge in [0.1, 0.15) is 5.75 Å². The Bertz CT molecular complexity index is 1090. The molecule has 7 heteroatoms. The number of nitrogens with one attached hydrogen (secondary N) is 2. The zero-order valence-electron chi connectivity index (χ0n) is 12.5. The minimum atomic E-state index is 0.214. The molecule has 4 rings (SSSR count). The first-order valence-corrected chi connectivity index (χ1v) is 7.70. The summed E-state index contributed by atoms with van der Waals surface area (Å²) in [7, 11) is 0. The second-order valence-electron chi connectivity index (χ2n) is 5.25. The average molecular weight is 335 g/mol. The van der Waals surface area contributed by atoms with Gasteiger partial charge in [-0.3, -0.25) is 0 Å². The Kier molecular flexibility index (Phi) is 3.47. The molecule has 0 saturated heterocycles. The molecule has 0 aliphatic carbocycles. The van der Waals surface area contributed by atoms with E-state index >= 15 is 0 Å². The van der Waals surface area contributed by atoms with Gasteiger partial charge in [-0.15, -0.1) is 0 Å². The smallest absolute Gasteiger partial charge is 0.216 e. The molecule has 24 heavy (non-hydrogen) atoms. The standard InChI is InChI=1S/C17H13N5OS/c23-12-7-5-11(6-8-12)9-19-22-16(20-21-17(22)24)14-10-18-15-4-2-1-3-13(14)15/h1-10,18,23H,(H,21,24)/b19-9+. The van der Waals surface area contributed by atoms with Crippen molar-refractivity contribution < 1.29 is 5.11 Å². The third kappa shape index (κ3) is 2.50. The number of H-pyrrole nitrogens is 2. The lowest BCUT2D eigenvalue weighted by atomic mass is 10.2. The highest BCUT2D eigenvalue weighted by Crippen LogP contribution is 2.27. The van der Waals surface area contributed by atoms with Crippen molar-refractivity contribution in [2.75, 3.05) is 0 Å². The van der Waals surface area contributed by atoms with Crippen LogP contribution in [0.1, 0.15) is 5.56 Å². The minimum absolute atomic E-state index is 0.214. The quantitative estimate of drug-likeness (QED) is 0.394. The minimum Gasteiger partial charge on any atom is -0.508 e. The van der Waals surface area contributed by atoms with Crippen LogP contribution in [0.5, 0.6) is 5.75 Å². The summed E-state index contributed by atoms with van der Waals surface area (Å²) in [6.45, 7) is 0. The Balaban J connectivity index is 1.79. The third-order valence-corrected chi connectivity index (χ3v) is 3.96. The number of phenolic OH excluding ortho intramolecular Hbond substituents is 1. The fourth-order valence-electron chi connectivity index (χ4n) is 2.51. The SMILES string of the molecule is Oc1ccc(/C=N/n2c(-c3c[nH]c4ccccc34)n[nH]c2=S)cc1. The summed E-state index contributed by atoms with van der Waals surface area (Å²) in [6, 6.07) is 14.7. The number of aromatic nitrogens is 4. The van der Waals surface area contributed by atoms with Gasteiger partial charge in [0.2, 0.25) is 4.77 Å². The maximum atomic E-state index is 9.34. The van der Waals surface area contributed by atoms with Crippen LogP contribution in [-0.2, 0) is 0 Å². The first-order chi connectivity index (χ1) is 11.7. The highest BCUT2D eigenvalue weighted by Gasteiger charge is 2.12. The number of aromatic hydroxyl groups is 1. The Labute approximate surface area is 142 Å². The van der Waals surface area contributed by atoms with Gasteiger partial charge in [0.05, 0.1) is 6.21 Å². The molecule has 118 valence electrons. The Morgan fingerprint density at radius 3 is 2.75 bits per heavy atom. The fourth-order valence-corrected chi connectivity index (χ4v) is 2.69. The molecule has 0 atom stereocenters. The first kappa shape index (κ1) is 14.4. The molecule has 0 spiro atoms. The van der Waals surface area contributed by atoms with Gasteiger partial charge in [-0.05, 0) is 48.1 Å². The van der Waals surface area contributed by atoms with E-state index in [1.807, 2.05) is 30.5 Å². The van der Waals surface area contributed by atoms with Crippen LogP contribution in [0.2, 0.25) is 0 Å². The molecule has 0 bridgehead atoms. The van der Waals surface area contributed by atoms with Crippen LogP contribution < -0.4 is 0 Å². The summed E-state index contributed by atoms with van der Waals surface area (Å²) >= 11 is 5.29. The molecule has 2 heterocycles. The zero-order valence-corrected chi connectivity index (χ0v) is 13.3. The molecule has 3 N–H and O–H groups in total. The van der Waals surface area contributed by atoms with Crippen molar-refractivity contribution >= 4 is 29.3 Å². The van der Waals surface area contributed by atoms with E-state index in [4.69, 9.17) is 12.2 Å². The van der Waals surface area contributed by atoms with Gasteiger partial charge in [-0.1, -0.05) is 18.2 Å². The van der Waals surface area contributed by atoms with Crippen molar-refractivity contribution in [3.05, 3.63) is 65.1 Å². The number of rotatable bonds is 3. The molecule has 0 unspecified atom stereocenters. The first-order valence-electron chi connectivity index (χ1n) is 7.30. The largest absolute Gasteiger partial charge is 0.508 e. The molecule has 6 nitrogen and oxygen atoms in total. The van der Waals surface area contributed by atoms with E-state index in [2.05, 4.69) is 20.3 Å². The van der Waals surface area contributed by atoms with E-state index in [0.29, 0.717) is 10.6 Å². The summed E-state index contributed by atoms with van der Waals surface area (Å²) in [5.41, 5.74) is 2.79. The Morgan fingerprint density at radius 1 is 1.12 bits per heavy atom. The van der Waals surface area contributed by atoms with E-state index in [0.717, 1.165) is 22.0 Å². The summed E-state index contributed by atoms with van der Waals surface area (Å²) in [5.74, 6) is 0.846. The number of nitrogens with zero attached hydrogens (tertiary/aromatic N) is 3. The van der Waals surface area contributed by atoms with Gasteiger partial charge in [0.15, 0.2) is 5.82 Å². The van der Waals surface area contributed by atoms with Crippen molar-refractivity contribution in [3.8, 4) is 17.1 Å². The zero-order chi connectivity index (χ0) is 16.5. The molecular formula is C17H13N5OS. The lowest BCUT2D eigenvalue weighted by molar-refractivity contribution is 0.475. The van der Waals surface area contributed by atoms with Crippen LogP contribution >= 0.6 is 12.2 Å². The van der Waals surface area contributed by atoms with Crippen molar-refractivity contribution in [1.29, 1.82) is 0 Å². The van der Waals surface area contributed by atoms with E-state index in [9.17, 15) is 5.11 Å². The molecule has 0 saturated carbocycles. The van der Waals surface area contributed by atoms with Crippen molar-refractivity contribution in [2.24, 2.45) is 5.10 Å². The molecule has 4 aromatic rings. The van der Waals surface area contributed by atoms with Gasteiger partial charge in [-0.2, -0.15) is 14.9 Å². The average Bonchev–Trinajstić information content (AvgIpc) is 3.18. The second-order valence-corrected chi connectivity index (χ2v) is 5.63. The Morgan fingerprint density at radius 2 is 1.92 bits per heavy atom. The van der Waals surface area contributed by atoms with Gasteiger partial charge in [0.25, 0.3) is 0 Å². The second kappa shape index (κ2) is 5.78. The predicted octanol–water partition coefficient (Wildman–Crippen LogP) is 3.68. The van der Waals surface area contributed by atoms with Crippen LogP contribution in [0.4, 0.5) is 0 Å². The molecule has 0 aliphatic rings. The number of para-hydroxylation sites is 1. The van der Waals surface area contributed by atoms with Crippen LogP contribution in [0, 0.1) is 4.77 Å². The maximum Gasteiger partial charge on any atom is 0.216 e. The molecule has 0 radical (unpaired) electrons. The Hall–Kier alpha value is -3.19. The highest BCUT2D eigenvalue weighted by atomic mass is 32.1.